The summed E-state index contributed by atoms with van der Waals surface area (Å²) in [6, 6.07) is 0. The van der Waals surface area contributed by atoms with E-state index in [1.54, 1.807) is 0 Å². The molecule has 1 rings (SSSR count). The molecule has 1 heterocycles. The SMILES string of the molecule is FC(F)C(F)(F)OC[C@H]1CO1. The molecule has 0 unspecified atom stereocenters. The first-order valence-corrected chi connectivity index (χ1v) is 2.94. The predicted octanol–water partition coefficient (Wildman–Crippen LogP) is 1.26. The molecule has 66 valence electrons. The highest BCUT2D eigenvalue weighted by molar-refractivity contribution is 4.69. The Kier molecular flexibility index (Phi) is 2.34. The van der Waals surface area contributed by atoms with Gasteiger partial charge in [-0.2, -0.15) is 8.78 Å². The third-order valence-electron chi connectivity index (χ3n) is 1.12. The maximum absolute atomic E-state index is 11.9. The summed E-state index contributed by atoms with van der Waals surface area (Å²) < 4.78 is 54.6. The fourth-order valence-corrected chi connectivity index (χ4v) is 0.431. The lowest BCUT2D eigenvalue weighted by Gasteiger charge is -2.14. The smallest absolute Gasteiger partial charge is 0.371 e. The van der Waals surface area contributed by atoms with Crippen LogP contribution >= 0.6 is 0 Å². The van der Waals surface area contributed by atoms with Gasteiger partial charge in [0.1, 0.15) is 6.10 Å². The minimum absolute atomic E-state index is 0.305. The zero-order chi connectivity index (χ0) is 8.48. The summed E-state index contributed by atoms with van der Waals surface area (Å²) in [5.74, 6) is 0. The van der Waals surface area contributed by atoms with Crippen molar-refractivity contribution in [3.63, 3.8) is 0 Å². The Bertz CT molecular complexity index is 134. The molecular formula is C5H6F4O2. The first-order valence-electron chi connectivity index (χ1n) is 2.94. The maximum atomic E-state index is 11.9. The number of rotatable bonds is 4. The van der Waals surface area contributed by atoms with Gasteiger partial charge in [-0.15, -0.1) is 0 Å². The number of halogens is 4. The van der Waals surface area contributed by atoms with E-state index in [0.717, 1.165) is 0 Å². The minimum Gasteiger partial charge on any atom is -0.371 e. The monoisotopic (exact) mass is 174 g/mol. The quantitative estimate of drug-likeness (QED) is 0.472. The highest BCUT2D eigenvalue weighted by Gasteiger charge is 2.43. The van der Waals surface area contributed by atoms with Crippen LogP contribution in [0, 0.1) is 0 Å². The van der Waals surface area contributed by atoms with Crippen LogP contribution in [0.1, 0.15) is 0 Å². The van der Waals surface area contributed by atoms with Gasteiger partial charge >= 0.3 is 12.5 Å². The molecule has 1 atom stereocenters. The normalized spacial score (nSPS) is 24.3. The first kappa shape index (κ1) is 8.73. The predicted molar refractivity (Wildman–Crippen MR) is 26.6 cm³/mol. The molecule has 1 aliphatic rings. The molecule has 0 aromatic rings. The first-order chi connectivity index (χ1) is 5.02. The summed E-state index contributed by atoms with van der Waals surface area (Å²) in [6.07, 6.45) is -8.55. The summed E-state index contributed by atoms with van der Waals surface area (Å²) in [5, 5.41) is 0. The lowest BCUT2D eigenvalue weighted by molar-refractivity contribution is -0.301. The van der Waals surface area contributed by atoms with Gasteiger partial charge in [0.25, 0.3) is 0 Å². The van der Waals surface area contributed by atoms with Crippen molar-refractivity contribution in [3.8, 4) is 0 Å². The van der Waals surface area contributed by atoms with Crippen molar-refractivity contribution >= 4 is 0 Å². The van der Waals surface area contributed by atoms with Gasteiger partial charge < -0.3 is 9.47 Å². The molecular weight excluding hydrogens is 168 g/mol. The number of hydrogen-bond donors (Lipinski definition) is 0. The number of ether oxygens (including phenoxy) is 2. The molecule has 0 bridgehead atoms. The van der Waals surface area contributed by atoms with Gasteiger partial charge in [-0.1, -0.05) is 0 Å². The standard InChI is InChI=1S/C5H6F4O2/c6-4(7)5(8,9)11-2-3-1-10-3/h3-4H,1-2H2/t3-/m1/s1. The summed E-state index contributed by atoms with van der Waals surface area (Å²) >= 11 is 0. The summed E-state index contributed by atoms with van der Waals surface area (Å²) in [7, 11) is 0. The van der Waals surface area contributed by atoms with Crippen LogP contribution in [0.15, 0.2) is 0 Å². The Balaban J connectivity index is 2.20. The number of epoxide rings is 1. The van der Waals surface area contributed by atoms with Crippen molar-refractivity contribution in [2.75, 3.05) is 13.2 Å². The van der Waals surface area contributed by atoms with Crippen LogP contribution in [-0.2, 0) is 9.47 Å². The molecule has 0 aliphatic carbocycles. The van der Waals surface area contributed by atoms with Crippen LogP contribution in [0.2, 0.25) is 0 Å². The third kappa shape index (κ3) is 2.63. The van der Waals surface area contributed by atoms with E-state index in [1.165, 1.54) is 0 Å². The van der Waals surface area contributed by atoms with Crippen molar-refractivity contribution in [1.29, 1.82) is 0 Å². The molecule has 0 aromatic heterocycles. The molecule has 0 aromatic carbocycles. The molecule has 11 heavy (non-hydrogen) atoms. The highest BCUT2D eigenvalue weighted by Crippen LogP contribution is 2.25. The fourth-order valence-electron chi connectivity index (χ4n) is 0.431. The molecule has 0 N–H and O–H groups in total. The largest absolute Gasteiger partial charge is 0.416 e. The van der Waals surface area contributed by atoms with E-state index in [9.17, 15) is 17.6 Å². The zero-order valence-electron chi connectivity index (χ0n) is 5.40. The fraction of sp³-hybridized carbons (Fsp3) is 1.00. The lowest BCUT2D eigenvalue weighted by Crippen LogP contribution is -2.31. The van der Waals surface area contributed by atoms with Gasteiger partial charge in [0.2, 0.25) is 0 Å². The average Bonchev–Trinajstić information content (AvgIpc) is 2.65. The molecule has 6 heteroatoms. The molecule has 0 radical (unpaired) electrons. The van der Waals surface area contributed by atoms with Gasteiger partial charge in [0, 0.05) is 0 Å². The van der Waals surface area contributed by atoms with E-state index in [0.29, 0.717) is 6.61 Å². The molecule has 1 saturated heterocycles. The van der Waals surface area contributed by atoms with Crippen LogP contribution < -0.4 is 0 Å². The third-order valence-corrected chi connectivity index (χ3v) is 1.12. The topological polar surface area (TPSA) is 21.8 Å². The second-order valence-electron chi connectivity index (χ2n) is 2.13. The molecule has 1 aliphatic heterocycles. The van der Waals surface area contributed by atoms with Crippen LogP contribution in [0.4, 0.5) is 17.6 Å². The van der Waals surface area contributed by atoms with Gasteiger partial charge in [-0.25, -0.2) is 8.78 Å². The molecule has 1 fully saturated rings. The van der Waals surface area contributed by atoms with E-state index < -0.39 is 25.2 Å². The van der Waals surface area contributed by atoms with E-state index in [2.05, 4.69) is 9.47 Å². The Morgan fingerprint density at radius 2 is 2.09 bits per heavy atom. The van der Waals surface area contributed by atoms with Gasteiger partial charge in [0.15, 0.2) is 0 Å². The van der Waals surface area contributed by atoms with Crippen LogP contribution in [0.3, 0.4) is 0 Å². The van der Waals surface area contributed by atoms with Crippen LogP contribution in [0.25, 0.3) is 0 Å². The summed E-state index contributed by atoms with van der Waals surface area (Å²) in [6.45, 7) is -0.170. The second-order valence-corrected chi connectivity index (χ2v) is 2.13. The number of alkyl halides is 4. The minimum atomic E-state index is -4.34. The lowest BCUT2D eigenvalue weighted by atomic mass is 10.5. The van der Waals surface area contributed by atoms with Gasteiger partial charge in [-0.05, 0) is 0 Å². The Hall–Kier alpha value is -0.360. The highest BCUT2D eigenvalue weighted by atomic mass is 19.3. The summed E-state index contributed by atoms with van der Waals surface area (Å²) in [5.41, 5.74) is 0. The number of hydrogen-bond acceptors (Lipinski definition) is 2. The average molecular weight is 174 g/mol. The van der Waals surface area contributed by atoms with Crippen LogP contribution in [-0.4, -0.2) is 31.9 Å². The van der Waals surface area contributed by atoms with E-state index in [1.807, 2.05) is 0 Å². The molecule has 0 spiro atoms. The summed E-state index contributed by atoms with van der Waals surface area (Å²) in [4.78, 5) is 0. The molecule has 0 amide bonds. The van der Waals surface area contributed by atoms with Crippen molar-refractivity contribution in [2.45, 2.75) is 18.6 Å². The maximum Gasteiger partial charge on any atom is 0.416 e. The van der Waals surface area contributed by atoms with E-state index >= 15 is 0 Å². The second kappa shape index (κ2) is 2.94. The van der Waals surface area contributed by atoms with Crippen molar-refractivity contribution in [2.24, 2.45) is 0 Å². The zero-order valence-corrected chi connectivity index (χ0v) is 5.40. The molecule has 0 saturated carbocycles. The van der Waals surface area contributed by atoms with Gasteiger partial charge in [-0.3, -0.25) is 0 Å². The Morgan fingerprint density at radius 3 is 2.45 bits per heavy atom. The Morgan fingerprint density at radius 1 is 1.55 bits per heavy atom. The van der Waals surface area contributed by atoms with E-state index in [-0.39, 0.29) is 0 Å². The molecule has 2 nitrogen and oxygen atoms in total. The van der Waals surface area contributed by atoms with Crippen molar-refractivity contribution < 1.29 is 27.0 Å². The Labute approximate surface area is 60.1 Å². The van der Waals surface area contributed by atoms with Crippen molar-refractivity contribution in [1.82, 2.24) is 0 Å². The van der Waals surface area contributed by atoms with Gasteiger partial charge in [0.05, 0.1) is 13.2 Å². The van der Waals surface area contributed by atoms with Crippen LogP contribution in [0.5, 0.6) is 0 Å². The van der Waals surface area contributed by atoms with Crippen molar-refractivity contribution in [3.05, 3.63) is 0 Å². The van der Waals surface area contributed by atoms with E-state index in [4.69, 9.17) is 0 Å².